The molecular formula is C12H22N4O2S. The highest BCUT2D eigenvalue weighted by atomic mass is 32.2. The molecule has 1 saturated heterocycles. The Morgan fingerprint density at radius 3 is 2.47 bits per heavy atom. The van der Waals surface area contributed by atoms with Crippen LogP contribution in [0.2, 0.25) is 0 Å². The summed E-state index contributed by atoms with van der Waals surface area (Å²) >= 11 is 0. The van der Waals surface area contributed by atoms with Crippen molar-refractivity contribution in [3.05, 3.63) is 11.4 Å². The normalized spacial score (nSPS) is 18.9. The smallest absolute Gasteiger partial charge is 0.244 e. The molecule has 0 spiro atoms. The lowest BCUT2D eigenvalue weighted by Crippen LogP contribution is -2.44. The third-order valence-electron chi connectivity index (χ3n) is 3.69. The Labute approximate surface area is 114 Å². The van der Waals surface area contributed by atoms with Gasteiger partial charge in [0.25, 0.3) is 0 Å². The average molecular weight is 286 g/mol. The maximum atomic E-state index is 12.4. The highest BCUT2D eigenvalue weighted by Crippen LogP contribution is 2.19. The first-order valence-electron chi connectivity index (χ1n) is 6.70. The van der Waals surface area contributed by atoms with Crippen LogP contribution in [0.5, 0.6) is 0 Å². The van der Waals surface area contributed by atoms with Gasteiger partial charge >= 0.3 is 0 Å². The van der Waals surface area contributed by atoms with Crippen molar-refractivity contribution in [3.8, 4) is 0 Å². The average Bonchev–Trinajstić information content (AvgIpc) is 2.70. The molecule has 0 bridgehead atoms. The number of hydrogen-bond acceptors (Lipinski definition) is 4. The maximum Gasteiger partial charge on any atom is 0.244 e. The van der Waals surface area contributed by atoms with Gasteiger partial charge < -0.3 is 4.90 Å². The number of rotatable bonds is 4. The molecule has 1 aromatic rings. The van der Waals surface area contributed by atoms with Crippen molar-refractivity contribution in [1.29, 1.82) is 0 Å². The molecule has 0 unspecified atom stereocenters. The molecule has 2 heterocycles. The minimum atomic E-state index is -3.46. The number of aromatic nitrogens is 2. The van der Waals surface area contributed by atoms with Gasteiger partial charge in [0, 0.05) is 6.04 Å². The van der Waals surface area contributed by atoms with Gasteiger partial charge in [-0.1, -0.05) is 6.92 Å². The zero-order chi connectivity index (χ0) is 14.0. The molecule has 0 atom stereocenters. The molecular weight excluding hydrogens is 264 g/mol. The highest BCUT2D eigenvalue weighted by Gasteiger charge is 2.27. The lowest BCUT2D eigenvalue weighted by atomic mass is 10.1. The second-order valence-electron chi connectivity index (χ2n) is 5.09. The quantitative estimate of drug-likeness (QED) is 0.858. The Kier molecular flexibility index (Phi) is 4.27. The van der Waals surface area contributed by atoms with E-state index in [1.54, 1.807) is 13.8 Å². The van der Waals surface area contributed by atoms with Crippen LogP contribution < -0.4 is 4.72 Å². The predicted molar refractivity (Wildman–Crippen MR) is 73.5 cm³/mol. The van der Waals surface area contributed by atoms with Crippen molar-refractivity contribution in [2.45, 2.75) is 44.6 Å². The van der Waals surface area contributed by atoms with Gasteiger partial charge in [0.1, 0.15) is 4.90 Å². The van der Waals surface area contributed by atoms with Crippen molar-refractivity contribution in [1.82, 2.24) is 19.8 Å². The fourth-order valence-corrected chi connectivity index (χ4v) is 4.26. The van der Waals surface area contributed by atoms with E-state index in [-0.39, 0.29) is 6.04 Å². The van der Waals surface area contributed by atoms with E-state index in [4.69, 9.17) is 0 Å². The van der Waals surface area contributed by atoms with Crippen LogP contribution >= 0.6 is 0 Å². The first-order valence-corrected chi connectivity index (χ1v) is 8.18. The van der Waals surface area contributed by atoms with E-state index in [2.05, 4.69) is 26.7 Å². The molecule has 19 heavy (non-hydrogen) atoms. The zero-order valence-electron chi connectivity index (χ0n) is 11.7. The van der Waals surface area contributed by atoms with Crippen molar-refractivity contribution in [2.24, 2.45) is 0 Å². The molecule has 7 heteroatoms. The van der Waals surface area contributed by atoms with Crippen LogP contribution in [0.15, 0.2) is 4.90 Å². The Bertz CT molecular complexity index is 510. The summed E-state index contributed by atoms with van der Waals surface area (Å²) in [6.07, 6.45) is 1.73. The van der Waals surface area contributed by atoms with Crippen molar-refractivity contribution >= 4 is 10.0 Å². The highest BCUT2D eigenvalue weighted by molar-refractivity contribution is 7.89. The summed E-state index contributed by atoms with van der Waals surface area (Å²) in [6.45, 7) is 8.49. The number of hydrogen-bond donors (Lipinski definition) is 2. The van der Waals surface area contributed by atoms with E-state index < -0.39 is 10.0 Å². The molecule has 108 valence electrons. The summed E-state index contributed by atoms with van der Waals surface area (Å²) in [5, 5.41) is 6.67. The van der Waals surface area contributed by atoms with Gasteiger partial charge in [-0.25, -0.2) is 13.1 Å². The fraction of sp³-hybridized carbons (Fsp3) is 0.750. The van der Waals surface area contributed by atoms with Crippen LogP contribution in [0.3, 0.4) is 0 Å². The Morgan fingerprint density at radius 1 is 1.37 bits per heavy atom. The molecule has 2 N–H and O–H groups in total. The maximum absolute atomic E-state index is 12.4. The Morgan fingerprint density at radius 2 is 2.00 bits per heavy atom. The third kappa shape index (κ3) is 3.16. The predicted octanol–water partition coefficient (Wildman–Crippen LogP) is 0.789. The van der Waals surface area contributed by atoms with Crippen LogP contribution in [0.1, 0.15) is 31.2 Å². The van der Waals surface area contributed by atoms with Crippen LogP contribution in [-0.2, 0) is 10.0 Å². The molecule has 0 aromatic carbocycles. The van der Waals surface area contributed by atoms with E-state index in [0.29, 0.717) is 16.3 Å². The second kappa shape index (κ2) is 5.60. The second-order valence-corrected chi connectivity index (χ2v) is 6.74. The SMILES string of the molecule is CCN1CCC(NS(=O)(=O)c2c(C)n[nH]c2C)CC1. The number of sulfonamides is 1. The largest absolute Gasteiger partial charge is 0.303 e. The minimum absolute atomic E-state index is 0.0292. The van der Waals surface area contributed by atoms with Gasteiger partial charge in [-0.3, -0.25) is 5.10 Å². The first-order chi connectivity index (χ1) is 8.94. The van der Waals surface area contributed by atoms with Crippen LogP contribution in [0.4, 0.5) is 0 Å². The summed E-state index contributed by atoms with van der Waals surface area (Å²) in [5.74, 6) is 0. The molecule has 1 aliphatic heterocycles. The van der Waals surface area contributed by atoms with Crippen LogP contribution in [-0.4, -0.2) is 49.2 Å². The van der Waals surface area contributed by atoms with Gasteiger partial charge in [-0.2, -0.15) is 5.10 Å². The lowest BCUT2D eigenvalue weighted by molar-refractivity contribution is 0.217. The third-order valence-corrected chi connectivity index (χ3v) is 5.47. The number of aryl methyl sites for hydroxylation is 2. The number of nitrogens with zero attached hydrogens (tertiary/aromatic N) is 2. The molecule has 1 aliphatic rings. The minimum Gasteiger partial charge on any atom is -0.303 e. The topological polar surface area (TPSA) is 78.1 Å². The van der Waals surface area contributed by atoms with E-state index >= 15 is 0 Å². The van der Waals surface area contributed by atoms with Crippen LogP contribution in [0, 0.1) is 13.8 Å². The van der Waals surface area contributed by atoms with Gasteiger partial charge in [-0.15, -0.1) is 0 Å². The van der Waals surface area contributed by atoms with E-state index in [1.807, 2.05) is 0 Å². The Hall–Kier alpha value is -0.920. The summed E-state index contributed by atoms with van der Waals surface area (Å²) < 4.78 is 27.5. The molecule has 1 aromatic heterocycles. The fourth-order valence-electron chi connectivity index (χ4n) is 2.58. The molecule has 0 radical (unpaired) electrons. The van der Waals surface area contributed by atoms with Crippen molar-refractivity contribution in [3.63, 3.8) is 0 Å². The zero-order valence-corrected chi connectivity index (χ0v) is 12.5. The Balaban J connectivity index is 2.07. The van der Waals surface area contributed by atoms with Gasteiger partial charge in [0.15, 0.2) is 0 Å². The summed E-state index contributed by atoms with van der Waals surface area (Å²) in [4.78, 5) is 2.63. The summed E-state index contributed by atoms with van der Waals surface area (Å²) in [6, 6.07) is 0.0292. The van der Waals surface area contributed by atoms with E-state index in [1.165, 1.54) is 0 Å². The number of nitrogens with one attached hydrogen (secondary N) is 2. The number of aromatic amines is 1. The molecule has 2 rings (SSSR count). The molecule has 0 amide bonds. The molecule has 1 fully saturated rings. The number of H-pyrrole nitrogens is 1. The van der Waals surface area contributed by atoms with E-state index in [0.717, 1.165) is 32.5 Å². The van der Waals surface area contributed by atoms with Gasteiger partial charge in [-0.05, 0) is 46.3 Å². The van der Waals surface area contributed by atoms with Crippen LogP contribution in [0.25, 0.3) is 0 Å². The summed E-state index contributed by atoms with van der Waals surface area (Å²) in [5.41, 5.74) is 1.12. The van der Waals surface area contributed by atoms with Gasteiger partial charge in [0.2, 0.25) is 10.0 Å². The number of piperidine rings is 1. The number of likely N-dealkylation sites (tertiary alicyclic amines) is 1. The van der Waals surface area contributed by atoms with Crippen molar-refractivity contribution < 1.29 is 8.42 Å². The molecule has 0 aliphatic carbocycles. The van der Waals surface area contributed by atoms with Gasteiger partial charge in [0.05, 0.1) is 11.4 Å². The monoisotopic (exact) mass is 286 g/mol. The molecule has 6 nitrogen and oxygen atoms in total. The first kappa shape index (κ1) is 14.5. The van der Waals surface area contributed by atoms with Crippen molar-refractivity contribution in [2.75, 3.05) is 19.6 Å². The lowest BCUT2D eigenvalue weighted by Gasteiger charge is -2.31. The standard InChI is InChI=1S/C12H22N4O2S/c1-4-16-7-5-11(6-8-16)15-19(17,18)12-9(2)13-14-10(12)3/h11,15H,4-8H2,1-3H3,(H,13,14). The molecule has 0 saturated carbocycles. The van der Waals surface area contributed by atoms with E-state index in [9.17, 15) is 8.42 Å². The summed E-state index contributed by atoms with van der Waals surface area (Å²) in [7, 11) is -3.46.